The summed E-state index contributed by atoms with van der Waals surface area (Å²) in [5.41, 5.74) is 2.10. The average molecular weight is 204 g/mol. The van der Waals surface area contributed by atoms with E-state index in [2.05, 4.69) is 21.7 Å². The monoisotopic (exact) mass is 204 g/mol. The van der Waals surface area contributed by atoms with Crippen molar-refractivity contribution in [2.75, 3.05) is 13.6 Å². The second-order valence-electron chi connectivity index (χ2n) is 3.61. The van der Waals surface area contributed by atoms with Crippen molar-refractivity contribution in [1.29, 1.82) is 0 Å². The molecule has 0 saturated carbocycles. The molecule has 15 heavy (non-hydrogen) atoms. The molecule has 0 bridgehead atoms. The van der Waals surface area contributed by atoms with Gasteiger partial charge in [0.2, 0.25) is 0 Å². The molecular weight excluding hydrogens is 188 g/mol. The van der Waals surface area contributed by atoms with Crippen LogP contribution in [0.3, 0.4) is 0 Å². The van der Waals surface area contributed by atoms with Crippen LogP contribution < -0.4 is 5.32 Å². The molecule has 0 aliphatic rings. The fourth-order valence-electron chi connectivity index (χ4n) is 1.65. The van der Waals surface area contributed by atoms with Crippen molar-refractivity contribution in [3.63, 3.8) is 0 Å². The maximum absolute atomic E-state index is 4.14. The van der Waals surface area contributed by atoms with Gasteiger partial charge in [-0.3, -0.25) is 0 Å². The second kappa shape index (κ2) is 4.89. The number of aryl methyl sites for hydroxylation is 1. The van der Waals surface area contributed by atoms with Crippen LogP contribution in [-0.4, -0.2) is 28.6 Å². The number of rotatable bonds is 5. The van der Waals surface area contributed by atoms with E-state index in [1.807, 2.05) is 29.9 Å². The number of fused-ring (bicyclic) bond motifs is 1. The van der Waals surface area contributed by atoms with Gasteiger partial charge in [0.15, 0.2) is 0 Å². The lowest BCUT2D eigenvalue weighted by molar-refractivity contribution is 0.545. The van der Waals surface area contributed by atoms with Gasteiger partial charge in [-0.15, -0.1) is 5.10 Å². The smallest absolute Gasteiger partial charge is 0.113 e. The third-order valence-electron chi connectivity index (χ3n) is 2.47. The quantitative estimate of drug-likeness (QED) is 0.749. The SMILES string of the molecule is CNCCCCn1nnc2ccccc21. The minimum Gasteiger partial charge on any atom is -0.320 e. The molecule has 1 aromatic heterocycles. The van der Waals surface area contributed by atoms with E-state index in [0.717, 1.165) is 30.5 Å². The van der Waals surface area contributed by atoms with Crippen molar-refractivity contribution in [3.05, 3.63) is 24.3 Å². The van der Waals surface area contributed by atoms with E-state index >= 15 is 0 Å². The van der Waals surface area contributed by atoms with Crippen LogP contribution in [0.1, 0.15) is 12.8 Å². The van der Waals surface area contributed by atoms with Gasteiger partial charge in [0, 0.05) is 6.54 Å². The van der Waals surface area contributed by atoms with Gasteiger partial charge >= 0.3 is 0 Å². The summed E-state index contributed by atoms with van der Waals surface area (Å²) in [5.74, 6) is 0. The Bertz CT molecular complexity index is 421. The van der Waals surface area contributed by atoms with Gasteiger partial charge in [-0.1, -0.05) is 17.3 Å². The van der Waals surface area contributed by atoms with Crippen molar-refractivity contribution >= 4 is 11.0 Å². The average Bonchev–Trinajstić information content (AvgIpc) is 2.68. The van der Waals surface area contributed by atoms with Crippen LogP contribution in [0.25, 0.3) is 11.0 Å². The number of hydrogen-bond donors (Lipinski definition) is 1. The fraction of sp³-hybridized carbons (Fsp3) is 0.455. The molecular formula is C11H16N4. The standard InChI is InChI=1S/C11H16N4/c1-12-8-4-5-9-15-11-7-3-2-6-10(11)13-14-15/h2-3,6-7,12H,4-5,8-9H2,1H3. The Morgan fingerprint density at radius 1 is 1.27 bits per heavy atom. The summed E-state index contributed by atoms with van der Waals surface area (Å²) in [7, 11) is 1.98. The topological polar surface area (TPSA) is 42.7 Å². The Balaban J connectivity index is 2.02. The maximum atomic E-state index is 4.14. The fourth-order valence-corrected chi connectivity index (χ4v) is 1.65. The molecule has 0 aliphatic heterocycles. The van der Waals surface area contributed by atoms with E-state index in [9.17, 15) is 0 Å². The molecule has 0 saturated heterocycles. The number of hydrogen-bond acceptors (Lipinski definition) is 3. The first-order valence-corrected chi connectivity index (χ1v) is 5.34. The van der Waals surface area contributed by atoms with Gasteiger partial charge in [0.25, 0.3) is 0 Å². The molecule has 1 aromatic carbocycles. The van der Waals surface area contributed by atoms with E-state index in [0.29, 0.717) is 0 Å². The predicted molar refractivity (Wildman–Crippen MR) is 60.7 cm³/mol. The zero-order chi connectivity index (χ0) is 10.5. The molecule has 0 fully saturated rings. The summed E-state index contributed by atoms with van der Waals surface area (Å²) in [6, 6.07) is 8.07. The molecule has 0 spiro atoms. The lowest BCUT2D eigenvalue weighted by Gasteiger charge is -2.01. The van der Waals surface area contributed by atoms with Crippen LogP contribution in [-0.2, 0) is 6.54 Å². The highest BCUT2D eigenvalue weighted by atomic mass is 15.4. The van der Waals surface area contributed by atoms with Crippen molar-refractivity contribution in [2.24, 2.45) is 0 Å². The van der Waals surface area contributed by atoms with E-state index in [-0.39, 0.29) is 0 Å². The van der Waals surface area contributed by atoms with Gasteiger partial charge < -0.3 is 5.32 Å². The lowest BCUT2D eigenvalue weighted by Crippen LogP contribution is -2.09. The molecule has 0 aliphatic carbocycles. The molecule has 1 N–H and O–H groups in total. The number of unbranched alkanes of at least 4 members (excludes halogenated alkanes) is 1. The van der Waals surface area contributed by atoms with Crippen LogP contribution in [0.2, 0.25) is 0 Å². The van der Waals surface area contributed by atoms with Crippen molar-refractivity contribution in [1.82, 2.24) is 20.3 Å². The van der Waals surface area contributed by atoms with E-state index in [1.54, 1.807) is 0 Å². The minimum atomic E-state index is 0.947. The van der Waals surface area contributed by atoms with Gasteiger partial charge in [0.1, 0.15) is 5.52 Å². The number of benzene rings is 1. The number of aromatic nitrogens is 3. The second-order valence-corrected chi connectivity index (χ2v) is 3.61. The van der Waals surface area contributed by atoms with Crippen molar-refractivity contribution < 1.29 is 0 Å². The van der Waals surface area contributed by atoms with Gasteiger partial charge in [-0.25, -0.2) is 4.68 Å². The van der Waals surface area contributed by atoms with Crippen molar-refractivity contribution in [3.8, 4) is 0 Å². The first kappa shape index (κ1) is 10.1. The normalized spacial score (nSPS) is 11.0. The van der Waals surface area contributed by atoms with E-state index < -0.39 is 0 Å². The molecule has 2 rings (SSSR count). The van der Waals surface area contributed by atoms with Gasteiger partial charge in [0.05, 0.1) is 5.52 Å². The molecule has 4 nitrogen and oxygen atoms in total. The van der Waals surface area contributed by atoms with Crippen LogP contribution in [0.4, 0.5) is 0 Å². The summed E-state index contributed by atoms with van der Waals surface area (Å²) in [6.45, 7) is 2.01. The maximum Gasteiger partial charge on any atom is 0.113 e. The molecule has 80 valence electrons. The van der Waals surface area contributed by atoms with E-state index in [4.69, 9.17) is 0 Å². The third kappa shape index (κ3) is 2.33. The molecule has 0 amide bonds. The van der Waals surface area contributed by atoms with Gasteiger partial charge in [-0.2, -0.15) is 0 Å². The molecule has 0 unspecified atom stereocenters. The Labute approximate surface area is 89.3 Å². The summed E-state index contributed by atoms with van der Waals surface area (Å²) >= 11 is 0. The highest BCUT2D eigenvalue weighted by Gasteiger charge is 2.01. The number of nitrogens with zero attached hydrogens (tertiary/aromatic N) is 3. The molecule has 1 heterocycles. The van der Waals surface area contributed by atoms with E-state index in [1.165, 1.54) is 6.42 Å². The van der Waals surface area contributed by atoms with Crippen LogP contribution in [0, 0.1) is 0 Å². The largest absolute Gasteiger partial charge is 0.320 e. The molecule has 4 heteroatoms. The first-order chi connectivity index (χ1) is 7.42. The minimum absolute atomic E-state index is 0.947. The number of para-hydroxylation sites is 1. The van der Waals surface area contributed by atoms with Crippen LogP contribution in [0.5, 0.6) is 0 Å². The lowest BCUT2D eigenvalue weighted by atomic mass is 10.3. The molecule has 2 aromatic rings. The summed E-state index contributed by atoms with van der Waals surface area (Å²) in [6.07, 6.45) is 2.30. The van der Waals surface area contributed by atoms with Gasteiger partial charge in [-0.05, 0) is 38.6 Å². The number of nitrogens with one attached hydrogen (secondary N) is 1. The highest BCUT2D eigenvalue weighted by molar-refractivity contribution is 5.73. The highest BCUT2D eigenvalue weighted by Crippen LogP contribution is 2.10. The van der Waals surface area contributed by atoms with Crippen LogP contribution in [0.15, 0.2) is 24.3 Å². The zero-order valence-electron chi connectivity index (χ0n) is 8.98. The Morgan fingerprint density at radius 3 is 3.00 bits per heavy atom. The first-order valence-electron chi connectivity index (χ1n) is 5.34. The Kier molecular flexibility index (Phi) is 3.29. The summed E-state index contributed by atoms with van der Waals surface area (Å²) in [5, 5.41) is 11.4. The summed E-state index contributed by atoms with van der Waals surface area (Å²) < 4.78 is 1.98. The molecule has 0 radical (unpaired) electrons. The predicted octanol–water partition coefficient (Wildman–Crippen LogP) is 1.43. The van der Waals surface area contributed by atoms with Crippen LogP contribution >= 0.6 is 0 Å². The molecule has 0 atom stereocenters. The Morgan fingerprint density at radius 2 is 2.13 bits per heavy atom. The summed E-state index contributed by atoms with van der Waals surface area (Å²) in [4.78, 5) is 0. The third-order valence-corrected chi connectivity index (χ3v) is 2.47. The Hall–Kier alpha value is -1.42. The van der Waals surface area contributed by atoms with Crippen molar-refractivity contribution in [2.45, 2.75) is 19.4 Å². The zero-order valence-corrected chi connectivity index (χ0v) is 8.98.